The van der Waals surface area contributed by atoms with Crippen molar-refractivity contribution in [2.24, 2.45) is 5.92 Å². The molecule has 0 aliphatic heterocycles. The van der Waals surface area contributed by atoms with Gasteiger partial charge < -0.3 is 19.7 Å². The molecule has 0 radical (unpaired) electrons. The van der Waals surface area contributed by atoms with Crippen LogP contribution in [0.15, 0.2) is 65.6 Å². The largest absolute Gasteiger partial charge is 0.493 e. The number of benzene rings is 3. The number of rotatable bonds is 14. The molecule has 0 aliphatic carbocycles. The minimum Gasteiger partial charge on any atom is -0.493 e. The molecule has 0 saturated carbocycles. The van der Waals surface area contributed by atoms with Crippen LogP contribution in [0.5, 0.6) is 11.5 Å². The van der Waals surface area contributed by atoms with Gasteiger partial charge in [-0.3, -0.25) is 13.9 Å². The lowest BCUT2D eigenvalue weighted by molar-refractivity contribution is -0.140. The molecule has 238 valence electrons. The van der Waals surface area contributed by atoms with Crippen molar-refractivity contribution in [3.05, 3.63) is 82.4 Å². The van der Waals surface area contributed by atoms with Gasteiger partial charge in [-0.2, -0.15) is 0 Å². The van der Waals surface area contributed by atoms with E-state index < -0.39 is 28.5 Å². The third kappa shape index (κ3) is 8.66. The monoisotopic (exact) mass is 643 g/mol. The van der Waals surface area contributed by atoms with Crippen LogP contribution in [0.2, 0.25) is 5.02 Å². The number of nitrogens with zero attached hydrogens (tertiary/aromatic N) is 2. The summed E-state index contributed by atoms with van der Waals surface area (Å²) in [5.41, 5.74) is 2.74. The smallest absolute Gasteiger partial charge is 0.264 e. The maximum absolute atomic E-state index is 14.3. The topological polar surface area (TPSA) is 105 Å². The van der Waals surface area contributed by atoms with Gasteiger partial charge in [-0.15, -0.1) is 0 Å². The van der Waals surface area contributed by atoms with E-state index in [2.05, 4.69) is 5.32 Å². The van der Waals surface area contributed by atoms with Crippen molar-refractivity contribution in [3.8, 4) is 11.5 Å². The number of hydrogen-bond donors (Lipinski definition) is 1. The molecule has 3 rings (SSSR count). The van der Waals surface area contributed by atoms with Gasteiger partial charge in [0.15, 0.2) is 11.5 Å². The van der Waals surface area contributed by atoms with Gasteiger partial charge in [0, 0.05) is 24.2 Å². The molecule has 0 aliphatic rings. The van der Waals surface area contributed by atoms with Gasteiger partial charge in [-0.05, 0) is 79.3 Å². The van der Waals surface area contributed by atoms with Crippen LogP contribution in [-0.4, -0.2) is 58.5 Å². The molecule has 11 heteroatoms. The van der Waals surface area contributed by atoms with Crippen molar-refractivity contribution in [2.45, 2.75) is 58.5 Å². The fraction of sp³-hybridized carbons (Fsp3) is 0.394. The van der Waals surface area contributed by atoms with Crippen LogP contribution >= 0.6 is 11.6 Å². The van der Waals surface area contributed by atoms with Crippen molar-refractivity contribution in [1.29, 1.82) is 0 Å². The molecule has 1 N–H and O–H groups in total. The first-order valence-corrected chi connectivity index (χ1v) is 16.3. The van der Waals surface area contributed by atoms with Crippen LogP contribution in [0.4, 0.5) is 5.69 Å². The zero-order valence-corrected chi connectivity index (χ0v) is 28.0. The lowest BCUT2D eigenvalue weighted by Crippen LogP contribution is -2.52. The first-order chi connectivity index (χ1) is 20.8. The van der Waals surface area contributed by atoms with Gasteiger partial charge in [-0.1, -0.05) is 50.6 Å². The molecule has 0 unspecified atom stereocenters. The number of nitrogens with one attached hydrogen (secondary N) is 1. The Balaban J connectivity index is 2.12. The summed E-state index contributed by atoms with van der Waals surface area (Å²) in [4.78, 5) is 29.0. The summed E-state index contributed by atoms with van der Waals surface area (Å²) < 4.78 is 40.3. The van der Waals surface area contributed by atoms with E-state index >= 15 is 0 Å². The van der Waals surface area contributed by atoms with Crippen LogP contribution in [0.25, 0.3) is 0 Å². The SMILES string of the molecule is CC[C@@H](C(=O)NCC(C)C)N(Cc1ccc(Cl)cc1)C(=O)CN(c1cc(C)cc(C)c1)S(=O)(=O)c1ccc(OC)c(OC)c1. The Kier molecular flexibility index (Phi) is 12.1. The molecule has 0 fully saturated rings. The zero-order chi connectivity index (χ0) is 32.6. The zero-order valence-electron chi connectivity index (χ0n) is 26.4. The van der Waals surface area contributed by atoms with E-state index in [-0.39, 0.29) is 29.0 Å². The number of amides is 2. The number of aryl methyl sites for hydroxylation is 2. The Bertz CT molecular complexity index is 1540. The van der Waals surface area contributed by atoms with Crippen LogP contribution in [-0.2, 0) is 26.2 Å². The minimum absolute atomic E-state index is 0.0759. The standard InChI is InChI=1S/C33H42ClN3O6S/c1-8-29(33(39)35-19-22(2)3)36(20-25-9-11-26(34)12-10-25)32(38)21-37(27-16-23(4)15-24(5)17-27)44(40,41)28-13-14-30(42-6)31(18-28)43-7/h9-18,22,29H,8,19-21H2,1-7H3,(H,35,39)/t29-/m0/s1. The van der Waals surface area contributed by atoms with E-state index in [0.717, 1.165) is 21.0 Å². The number of hydrogen-bond acceptors (Lipinski definition) is 6. The molecule has 0 spiro atoms. The summed E-state index contributed by atoms with van der Waals surface area (Å²) >= 11 is 6.10. The second kappa shape index (κ2) is 15.3. The molecule has 0 saturated heterocycles. The molecule has 0 heterocycles. The molecular weight excluding hydrogens is 602 g/mol. The normalized spacial score (nSPS) is 12.0. The van der Waals surface area contributed by atoms with Crippen LogP contribution in [0.3, 0.4) is 0 Å². The predicted molar refractivity (Wildman–Crippen MR) is 174 cm³/mol. The molecule has 0 aromatic heterocycles. The third-order valence-corrected chi connectivity index (χ3v) is 9.07. The molecule has 1 atom stereocenters. The van der Waals surface area contributed by atoms with Gasteiger partial charge in [0.05, 0.1) is 24.8 Å². The van der Waals surface area contributed by atoms with E-state index in [1.807, 2.05) is 40.7 Å². The van der Waals surface area contributed by atoms with Crippen LogP contribution < -0.4 is 19.1 Å². The Morgan fingerprint density at radius 3 is 2.07 bits per heavy atom. The Hall–Kier alpha value is -3.76. The second-order valence-corrected chi connectivity index (χ2v) is 13.4. The first kappa shape index (κ1) is 34.7. The van der Waals surface area contributed by atoms with Crippen LogP contribution in [0.1, 0.15) is 43.9 Å². The minimum atomic E-state index is -4.29. The first-order valence-electron chi connectivity index (χ1n) is 14.4. The highest BCUT2D eigenvalue weighted by Crippen LogP contribution is 2.33. The highest BCUT2D eigenvalue weighted by Gasteiger charge is 2.34. The number of methoxy groups -OCH3 is 2. The average Bonchev–Trinajstić information content (AvgIpc) is 2.98. The number of anilines is 1. The maximum atomic E-state index is 14.3. The summed E-state index contributed by atoms with van der Waals surface area (Å²) in [5.74, 6) is -0.0206. The van der Waals surface area contributed by atoms with Crippen molar-refractivity contribution in [1.82, 2.24) is 10.2 Å². The predicted octanol–water partition coefficient (Wildman–Crippen LogP) is 5.75. The summed E-state index contributed by atoms with van der Waals surface area (Å²) in [6, 6.07) is 15.8. The second-order valence-electron chi connectivity index (χ2n) is 11.1. The average molecular weight is 644 g/mol. The third-order valence-electron chi connectivity index (χ3n) is 7.05. The quantitative estimate of drug-likeness (QED) is 0.240. The van der Waals surface area contributed by atoms with Crippen molar-refractivity contribution < 1.29 is 27.5 Å². The van der Waals surface area contributed by atoms with E-state index in [9.17, 15) is 18.0 Å². The number of halogens is 1. The highest BCUT2D eigenvalue weighted by molar-refractivity contribution is 7.92. The lowest BCUT2D eigenvalue weighted by atomic mass is 10.1. The van der Waals surface area contributed by atoms with Crippen molar-refractivity contribution in [2.75, 3.05) is 31.6 Å². The Morgan fingerprint density at radius 1 is 0.909 bits per heavy atom. The number of sulfonamides is 1. The van der Waals surface area contributed by atoms with Gasteiger partial charge in [0.1, 0.15) is 12.6 Å². The van der Waals surface area contributed by atoms with Crippen molar-refractivity contribution in [3.63, 3.8) is 0 Å². The van der Waals surface area contributed by atoms with Gasteiger partial charge in [-0.25, -0.2) is 8.42 Å². The number of carbonyl (C=O) groups excluding carboxylic acids is 2. The van der Waals surface area contributed by atoms with E-state index in [4.69, 9.17) is 21.1 Å². The van der Waals surface area contributed by atoms with Gasteiger partial charge in [0.2, 0.25) is 11.8 Å². The molecule has 44 heavy (non-hydrogen) atoms. The van der Waals surface area contributed by atoms with Gasteiger partial charge >= 0.3 is 0 Å². The molecule has 3 aromatic carbocycles. The van der Waals surface area contributed by atoms with E-state index in [0.29, 0.717) is 29.4 Å². The molecular formula is C33H42ClN3O6S. The van der Waals surface area contributed by atoms with Crippen LogP contribution in [0, 0.1) is 19.8 Å². The molecule has 9 nitrogen and oxygen atoms in total. The van der Waals surface area contributed by atoms with Gasteiger partial charge in [0.25, 0.3) is 10.0 Å². The summed E-state index contributed by atoms with van der Waals surface area (Å²) in [5, 5.41) is 3.47. The van der Waals surface area contributed by atoms with Crippen molar-refractivity contribution >= 4 is 39.1 Å². The summed E-state index contributed by atoms with van der Waals surface area (Å²) in [6.07, 6.45) is 0.329. The Morgan fingerprint density at radius 2 is 1.52 bits per heavy atom. The number of ether oxygens (including phenoxy) is 2. The summed E-state index contributed by atoms with van der Waals surface area (Å²) in [7, 11) is -1.41. The molecule has 3 aromatic rings. The fourth-order valence-corrected chi connectivity index (χ4v) is 6.40. The molecule has 0 bridgehead atoms. The lowest BCUT2D eigenvalue weighted by Gasteiger charge is -2.33. The van der Waals surface area contributed by atoms with E-state index in [1.54, 1.807) is 36.4 Å². The maximum Gasteiger partial charge on any atom is 0.264 e. The Labute approximate surface area is 266 Å². The summed E-state index contributed by atoms with van der Waals surface area (Å²) in [6.45, 7) is 9.50. The molecule has 2 amide bonds. The fourth-order valence-electron chi connectivity index (χ4n) is 4.86. The highest BCUT2D eigenvalue weighted by atomic mass is 35.5. The number of carbonyl (C=O) groups is 2. The van der Waals surface area contributed by atoms with E-state index in [1.165, 1.54) is 37.3 Å².